The van der Waals surface area contributed by atoms with Crippen LogP contribution in [-0.2, 0) is 4.74 Å². The van der Waals surface area contributed by atoms with Gasteiger partial charge in [-0.2, -0.15) is 10.1 Å². The van der Waals surface area contributed by atoms with Crippen molar-refractivity contribution in [2.45, 2.75) is 20.3 Å². The lowest BCUT2D eigenvalue weighted by atomic mass is 10.2. The summed E-state index contributed by atoms with van der Waals surface area (Å²) in [5, 5.41) is 7.39. The van der Waals surface area contributed by atoms with Crippen molar-refractivity contribution in [3.8, 4) is 5.88 Å². The minimum Gasteiger partial charge on any atom is -0.476 e. The van der Waals surface area contributed by atoms with Gasteiger partial charge in [0.1, 0.15) is 6.61 Å². The van der Waals surface area contributed by atoms with E-state index in [2.05, 4.69) is 56.7 Å². The van der Waals surface area contributed by atoms with Gasteiger partial charge in [0.05, 0.1) is 26.0 Å². The van der Waals surface area contributed by atoms with E-state index in [1.807, 2.05) is 24.3 Å². The van der Waals surface area contributed by atoms with Gasteiger partial charge in [0, 0.05) is 37.5 Å². The molecule has 2 aromatic rings. The molecule has 1 aromatic heterocycles. The van der Waals surface area contributed by atoms with Crippen LogP contribution >= 0.6 is 0 Å². The van der Waals surface area contributed by atoms with Gasteiger partial charge >= 0.3 is 0 Å². The summed E-state index contributed by atoms with van der Waals surface area (Å²) in [6, 6.07) is 12.1. The molecule has 0 unspecified atom stereocenters. The Balaban J connectivity index is 1.65. The maximum Gasteiger partial charge on any atom is 0.217 e. The number of aromatic nitrogens is 1. The highest BCUT2D eigenvalue weighted by Crippen LogP contribution is 2.24. The lowest BCUT2D eigenvalue weighted by molar-refractivity contribution is 0.122. The zero-order chi connectivity index (χ0) is 22.6. The van der Waals surface area contributed by atoms with Crippen molar-refractivity contribution in [1.29, 1.82) is 0 Å². The summed E-state index contributed by atoms with van der Waals surface area (Å²) in [5.74, 6) is 1.57. The van der Waals surface area contributed by atoms with Gasteiger partial charge in [-0.05, 0) is 18.9 Å². The first-order valence-electron chi connectivity index (χ1n) is 11.0. The van der Waals surface area contributed by atoms with Crippen molar-refractivity contribution in [1.82, 2.24) is 10.3 Å². The SMILES string of the molecule is CCCN=C(N)NCCOc1cc(N2CCOCC2)cc(NN=Cc2cccc(C)c2)n1. The van der Waals surface area contributed by atoms with Crippen LogP contribution in [0.5, 0.6) is 5.88 Å². The molecule has 0 bridgehead atoms. The Morgan fingerprint density at radius 1 is 1.28 bits per heavy atom. The number of hydrogen-bond acceptors (Lipinski definition) is 7. The van der Waals surface area contributed by atoms with Crippen molar-refractivity contribution in [2.24, 2.45) is 15.8 Å². The van der Waals surface area contributed by atoms with E-state index >= 15 is 0 Å². The van der Waals surface area contributed by atoms with Crippen molar-refractivity contribution in [3.05, 3.63) is 47.5 Å². The van der Waals surface area contributed by atoms with E-state index in [0.29, 0.717) is 50.6 Å². The summed E-state index contributed by atoms with van der Waals surface area (Å²) in [6.45, 7) is 8.82. The van der Waals surface area contributed by atoms with Gasteiger partial charge in [-0.1, -0.05) is 36.8 Å². The van der Waals surface area contributed by atoms with E-state index in [-0.39, 0.29) is 0 Å². The molecule has 0 aliphatic carbocycles. The fourth-order valence-electron chi connectivity index (χ4n) is 3.17. The Bertz CT molecular complexity index is 911. The number of rotatable bonds is 10. The number of nitrogens with one attached hydrogen (secondary N) is 2. The fourth-order valence-corrected chi connectivity index (χ4v) is 3.17. The van der Waals surface area contributed by atoms with Gasteiger partial charge in [-0.25, -0.2) is 0 Å². The van der Waals surface area contributed by atoms with E-state index in [1.165, 1.54) is 5.56 Å². The number of anilines is 2. The Morgan fingerprint density at radius 3 is 2.91 bits per heavy atom. The van der Waals surface area contributed by atoms with Crippen LogP contribution in [0.1, 0.15) is 24.5 Å². The molecule has 0 atom stereocenters. The molecule has 0 amide bonds. The van der Waals surface area contributed by atoms with Gasteiger partial charge in [0.2, 0.25) is 5.88 Å². The zero-order valence-corrected chi connectivity index (χ0v) is 18.9. The second-order valence-electron chi connectivity index (χ2n) is 7.47. The van der Waals surface area contributed by atoms with Crippen LogP contribution in [0, 0.1) is 6.92 Å². The molecule has 0 saturated carbocycles. The zero-order valence-electron chi connectivity index (χ0n) is 18.9. The van der Waals surface area contributed by atoms with Gasteiger partial charge in [-0.15, -0.1) is 0 Å². The molecule has 1 aromatic carbocycles. The highest BCUT2D eigenvalue weighted by atomic mass is 16.5. The van der Waals surface area contributed by atoms with Gasteiger partial charge in [0.15, 0.2) is 11.8 Å². The summed E-state index contributed by atoms with van der Waals surface area (Å²) >= 11 is 0. The summed E-state index contributed by atoms with van der Waals surface area (Å²) in [7, 11) is 0. The first kappa shape index (κ1) is 23.3. The molecule has 32 heavy (non-hydrogen) atoms. The largest absolute Gasteiger partial charge is 0.476 e. The fraction of sp³-hybridized carbons (Fsp3) is 0.435. The Labute approximate surface area is 189 Å². The molecule has 9 nitrogen and oxygen atoms in total. The van der Waals surface area contributed by atoms with E-state index in [0.717, 1.165) is 30.8 Å². The number of hydrazone groups is 1. The number of nitrogens with zero attached hydrogens (tertiary/aromatic N) is 4. The van der Waals surface area contributed by atoms with Crippen LogP contribution in [0.2, 0.25) is 0 Å². The first-order valence-corrected chi connectivity index (χ1v) is 11.0. The van der Waals surface area contributed by atoms with Crippen LogP contribution < -0.4 is 26.1 Å². The average Bonchev–Trinajstić information content (AvgIpc) is 2.81. The first-order chi connectivity index (χ1) is 15.6. The summed E-state index contributed by atoms with van der Waals surface area (Å²) < 4.78 is 11.4. The third kappa shape index (κ3) is 7.73. The van der Waals surface area contributed by atoms with E-state index in [1.54, 1.807) is 6.21 Å². The molecule has 4 N–H and O–H groups in total. The third-order valence-electron chi connectivity index (χ3n) is 4.76. The second kappa shape index (κ2) is 12.5. The summed E-state index contributed by atoms with van der Waals surface area (Å²) in [4.78, 5) is 11.0. The van der Waals surface area contributed by atoms with Crippen molar-refractivity contribution >= 4 is 23.7 Å². The molecule has 0 radical (unpaired) electrons. The van der Waals surface area contributed by atoms with Crippen LogP contribution in [-0.4, -0.2) is 63.2 Å². The molecular formula is C23H33N7O2. The van der Waals surface area contributed by atoms with Gasteiger partial charge < -0.3 is 25.4 Å². The van der Waals surface area contributed by atoms with Crippen LogP contribution in [0.15, 0.2) is 46.5 Å². The van der Waals surface area contributed by atoms with Crippen LogP contribution in [0.25, 0.3) is 0 Å². The van der Waals surface area contributed by atoms with Crippen molar-refractivity contribution in [3.63, 3.8) is 0 Å². The van der Waals surface area contributed by atoms with Crippen molar-refractivity contribution < 1.29 is 9.47 Å². The lowest BCUT2D eigenvalue weighted by Crippen LogP contribution is -2.36. The van der Waals surface area contributed by atoms with Crippen LogP contribution in [0.3, 0.4) is 0 Å². The maximum atomic E-state index is 5.88. The Kier molecular flexibility index (Phi) is 9.12. The third-order valence-corrected chi connectivity index (χ3v) is 4.76. The van der Waals surface area contributed by atoms with E-state index in [9.17, 15) is 0 Å². The molecule has 3 rings (SSSR count). The smallest absolute Gasteiger partial charge is 0.217 e. The number of benzene rings is 1. The normalized spacial score (nSPS) is 14.6. The molecule has 0 spiro atoms. The van der Waals surface area contributed by atoms with Crippen molar-refractivity contribution in [2.75, 3.05) is 56.3 Å². The number of morpholine rings is 1. The Morgan fingerprint density at radius 2 is 2.12 bits per heavy atom. The van der Waals surface area contributed by atoms with Gasteiger partial charge in [0.25, 0.3) is 0 Å². The molecule has 1 fully saturated rings. The minimum absolute atomic E-state index is 0.411. The molecule has 9 heteroatoms. The molecule has 172 valence electrons. The second-order valence-corrected chi connectivity index (χ2v) is 7.47. The number of guanidine groups is 1. The number of hydrogen-bond donors (Lipinski definition) is 3. The summed E-state index contributed by atoms with van der Waals surface area (Å²) in [5.41, 5.74) is 12.1. The minimum atomic E-state index is 0.411. The molecule has 1 aliphatic heterocycles. The predicted molar refractivity (Wildman–Crippen MR) is 130 cm³/mol. The summed E-state index contributed by atoms with van der Waals surface area (Å²) in [6.07, 6.45) is 2.73. The number of ether oxygens (including phenoxy) is 2. The molecule has 2 heterocycles. The van der Waals surface area contributed by atoms with Gasteiger partial charge in [-0.3, -0.25) is 10.4 Å². The quantitative estimate of drug-likeness (QED) is 0.226. The highest BCUT2D eigenvalue weighted by Gasteiger charge is 2.14. The lowest BCUT2D eigenvalue weighted by Gasteiger charge is -2.29. The van der Waals surface area contributed by atoms with E-state index in [4.69, 9.17) is 15.2 Å². The number of pyridine rings is 1. The Hall–Kier alpha value is -3.33. The van der Waals surface area contributed by atoms with E-state index < -0.39 is 0 Å². The standard InChI is InChI=1S/C23H33N7O2/c1-3-7-25-23(24)26-8-11-32-22-16-20(30-9-12-31-13-10-30)15-21(28-22)29-27-17-19-6-4-5-18(2)14-19/h4-6,14-17H,3,7-13H2,1-2H3,(H,28,29)(H3,24,25,26). The maximum absolute atomic E-state index is 5.88. The topological polar surface area (TPSA) is 109 Å². The molecule has 1 saturated heterocycles. The number of aliphatic imine (C=N–C) groups is 1. The number of nitrogens with two attached hydrogens (primary N) is 1. The molecule has 1 aliphatic rings. The molecular weight excluding hydrogens is 406 g/mol. The number of aryl methyl sites for hydroxylation is 1. The predicted octanol–water partition coefficient (Wildman–Crippen LogP) is 2.37. The van der Waals surface area contributed by atoms with Crippen LogP contribution in [0.4, 0.5) is 11.5 Å². The monoisotopic (exact) mass is 439 g/mol. The highest BCUT2D eigenvalue weighted by molar-refractivity contribution is 5.80. The average molecular weight is 440 g/mol.